The number of hydrogen-bond acceptors (Lipinski definition) is 4. The van der Waals surface area contributed by atoms with Crippen molar-refractivity contribution >= 4 is 0 Å². The Morgan fingerprint density at radius 1 is 1.10 bits per heavy atom. The van der Waals surface area contributed by atoms with Crippen LogP contribution in [0.1, 0.15) is 22.6 Å². The molecular formula is C16H15N3O. The number of pyridine rings is 1. The van der Waals surface area contributed by atoms with E-state index in [0.717, 1.165) is 22.3 Å². The molecule has 0 aliphatic heterocycles. The van der Waals surface area contributed by atoms with Crippen molar-refractivity contribution in [3.8, 4) is 11.4 Å². The zero-order chi connectivity index (χ0) is 13.9. The summed E-state index contributed by atoms with van der Waals surface area (Å²) in [6.45, 7) is 4.05. The summed E-state index contributed by atoms with van der Waals surface area (Å²) in [6, 6.07) is 10.1. The van der Waals surface area contributed by atoms with Crippen LogP contribution >= 0.6 is 0 Å². The number of rotatable bonds is 3. The molecule has 3 aromatic rings. The second-order valence-electron chi connectivity index (χ2n) is 4.87. The predicted molar refractivity (Wildman–Crippen MR) is 76.3 cm³/mol. The normalized spacial score (nSPS) is 10.7. The fourth-order valence-corrected chi connectivity index (χ4v) is 2.15. The molecule has 100 valence electrons. The van der Waals surface area contributed by atoms with E-state index >= 15 is 0 Å². The Kier molecular flexibility index (Phi) is 3.29. The summed E-state index contributed by atoms with van der Waals surface area (Å²) < 4.78 is 5.33. The van der Waals surface area contributed by atoms with E-state index in [9.17, 15) is 0 Å². The SMILES string of the molecule is Cc1cncc(Cc2nc(-c3ccccc3C)no2)c1. The molecule has 0 atom stereocenters. The van der Waals surface area contributed by atoms with Crippen molar-refractivity contribution in [3.05, 3.63) is 65.3 Å². The highest BCUT2D eigenvalue weighted by Gasteiger charge is 2.11. The van der Waals surface area contributed by atoms with Crippen LogP contribution in [0, 0.1) is 13.8 Å². The average molecular weight is 265 g/mol. The molecule has 0 saturated carbocycles. The van der Waals surface area contributed by atoms with E-state index in [-0.39, 0.29) is 0 Å². The fraction of sp³-hybridized carbons (Fsp3) is 0.188. The first-order valence-corrected chi connectivity index (χ1v) is 6.51. The van der Waals surface area contributed by atoms with Crippen LogP contribution in [0.2, 0.25) is 0 Å². The third-order valence-corrected chi connectivity index (χ3v) is 3.14. The zero-order valence-corrected chi connectivity index (χ0v) is 11.5. The maximum Gasteiger partial charge on any atom is 0.231 e. The number of hydrogen-bond donors (Lipinski definition) is 0. The summed E-state index contributed by atoms with van der Waals surface area (Å²) in [5.41, 5.74) is 4.34. The first-order valence-electron chi connectivity index (χ1n) is 6.51. The molecule has 0 amide bonds. The zero-order valence-electron chi connectivity index (χ0n) is 11.5. The largest absolute Gasteiger partial charge is 0.339 e. The number of benzene rings is 1. The van der Waals surface area contributed by atoms with Crippen LogP contribution in [-0.4, -0.2) is 15.1 Å². The van der Waals surface area contributed by atoms with E-state index in [2.05, 4.69) is 21.2 Å². The second kappa shape index (κ2) is 5.25. The first kappa shape index (κ1) is 12.5. The van der Waals surface area contributed by atoms with Crippen molar-refractivity contribution < 1.29 is 4.52 Å². The molecule has 0 aliphatic rings. The lowest BCUT2D eigenvalue weighted by molar-refractivity contribution is 0.385. The van der Waals surface area contributed by atoms with Crippen molar-refractivity contribution in [2.75, 3.05) is 0 Å². The molecule has 20 heavy (non-hydrogen) atoms. The van der Waals surface area contributed by atoms with E-state index in [1.807, 2.05) is 50.5 Å². The summed E-state index contributed by atoms with van der Waals surface area (Å²) in [5, 5.41) is 4.06. The number of aryl methyl sites for hydroxylation is 2. The molecule has 0 aliphatic carbocycles. The Morgan fingerprint density at radius 3 is 2.75 bits per heavy atom. The molecule has 4 nitrogen and oxygen atoms in total. The van der Waals surface area contributed by atoms with Gasteiger partial charge in [-0.1, -0.05) is 35.5 Å². The van der Waals surface area contributed by atoms with Crippen LogP contribution < -0.4 is 0 Å². The fourth-order valence-electron chi connectivity index (χ4n) is 2.15. The predicted octanol–water partition coefficient (Wildman–Crippen LogP) is 3.34. The standard InChI is InChI=1S/C16H15N3O/c1-11-7-13(10-17-9-11)8-15-18-16(19-20-15)14-6-4-3-5-12(14)2/h3-7,9-10H,8H2,1-2H3. The van der Waals surface area contributed by atoms with E-state index < -0.39 is 0 Å². The van der Waals surface area contributed by atoms with Gasteiger partial charge in [0.15, 0.2) is 0 Å². The maximum atomic E-state index is 5.33. The van der Waals surface area contributed by atoms with Gasteiger partial charge in [0, 0.05) is 18.0 Å². The minimum Gasteiger partial charge on any atom is -0.339 e. The van der Waals surface area contributed by atoms with E-state index in [1.165, 1.54) is 0 Å². The van der Waals surface area contributed by atoms with Gasteiger partial charge >= 0.3 is 0 Å². The molecule has 1 aromatic carbocycles. The first-order chi connectivity index (χ1) is 9.72. The van der Waals surface area contributed by atoms with Gasteiger partial charge < -0.3 is 4.52 Å². The Bertz CT molecular complexity index is 734. The van der Waals surface area contributed by atoms with Gasteiger partial charge in [-0.3, -0.25) is 4.98 Å². The van der Waals surface area contributed by atoms with Gasteiger partial charge in [0.2, 0.25) is 11.7 Å². The third kappa shape index (κ3) is 2.59. The Labute approximate surface area is 117 Å². The molecule has 3 rings (SSSR count). The summed E-state index contributed by atoms with van der Waals surface area (Å²) >= 11 is 0. The lowest BCUT2D eigenvalue weighted by atomic mass is 10.1. The Hall–Kier alpha value is -2.49. The topological polar surface area (TPSA) is 51.8 Å². The Morgan fingerprint density at radius 2 is 1.95 bits per heavy atom. The van der Waals surface area contributed by atoms with Gasteiger partial charge in [0.25, 0.3) is 0 Å². The molecule has 4 heteroatoms. The quantitative estimate of drug-likeness (QED) is 0.728. The van der Waals surface area contributed by atoms with E-state index in [0.29, 0.717) is 18.1 Å². The molecule has 0 bridgehead atoms. The summed E-state index contributed by atoms with van der Waals surface area (Å²) in [4.78, 5) is 8.63. The van der Waals surface area contributed by atoms with Gasteiger partial charge in [-0.15, -0.1) is 0 Å². The van der Waals surface area contributed by atoms with Gasteiger partial charge in [-0.05, 0) is 30.5 Å². The minimum absolute atomic E-state index is 0.605. The molecule has 0 unspecified atom stereocenters. The number of nitrogens with zero attached hydrogens (tertiary/aromatic N) is 3. The lowest BCUT2D eigenvalue weighted by Gasteiger charge is -1.98. The van der Waals surface area contributed by atoms with Crippen molar-refractivity contribution in [2.45, 2.75) is 20.3 Å². The van der Waals surface area contributed by atoms with Crippen LogP contribution in [0.25, 0.3) is 11.4 Å². The minimum atomic E-state index is 0.605. The Balaban J connectivity index is 1.86. The highest BCUT2D eigenvalue weighted by atomic mass is 16.5. The van der Waals surface area contributed by atoms with Gasteiger partial charge in [-0.2, -0.15) is 4.98 Å². The van der Waals surface area contributed by atoms with Crippen LogP contribution in [-0.2, 0) is 6.42 Å². The molecule has 0 N–H and O–H groups in total. The van der Waals surface area contributed by atoms with Crippen LogP contribution in [0.4, 0.5) is 0 Å². The molecule has 2 aromatic heterocycles. The smallest absolute Gasteiger partial charge is 0.231 e. The van der Waals surface area contributed by atoms with Gasteiger partial charge in [0.05, 0.1) is 6.42 Å². The monoisotopic (exact) mass is 265 g/mol. The number of aromatic nitrogens is 3. The van der Waals surface area contributed by atoms with Crippen LogP contribution in [0.5, 0.6) is 0 Å². The lowest BCUT2D eigenvalue weighted by Crippen LogP contribution is -1.91. The van der Waals surface area contributed by atoms with Crippen LogP contribution in [0.3, 0.4) is 0 Å². The summed E-state index contributed by atoms with van der Waals surface area (Å²) in [5.74, 6) is 1.24. The van der Waals surface area contributed by atoms with Gasteiger partial charge in [0.1, 0.15) is 0 Å². The van der Waals surface area contributed by atoms with E-state index in [1.54, 1.807) is 0 Å². The third-order valence-electron chi connectivity index (χ3n) is 3.14. The van der Waals surface area contributed by atoms with Crippen molar-refractivity contribution in [3.63, 3.8) is 0 Å². The van der Waals surface area contributed by atoms with Crippen molar-refractivity contribution in [2.24, 2.45) is 0 Å². The molecule has 2 heterocycles. The summed E-state index contributed by atoms with van der Waals surface area (Å²) in [6.07, 6.45) is 4.26. The molecule has 0 fully saturated rings. The maximum absolute atomic E-state index is 5.33. The highest BCUT2D eigenvalue weighted by Crippen LogP contribution is 2.20. The van der Waals surface area contributed by atoms with Crippen molar-refractivity contribution in [1.82, 2.24) is 15.1 Å². The summed E-state index contributed by atoms with van der Waals surface area (Å²) in [7, 11) is 0. The van der Waals surface area contributed by atoms with Gasteiger partial charge in [-0.25, -0.2) is 0 Å². The van der Waals surface area contributed by atoms with Crippen molar-refractivity contribution in [1.29, 1.82) is 0 Å². The van der Waals surface area contributed by atoms with E-state index in [4.69, 9.17) is 4.52 Å². The highest BCUT2D eigenvalue weighted by molar-refractivity contribution is 5.58. The molecule has 0 radical (unpaired) electrons. The molecular weight excluding hydrogens is 250 g/mol. The second-order valence-corrected chi connectivity index (χ2v) is 4.87. The average Bonchev–Trinajstić information content (AvgIpc) is 2.87. The molecule has 0 spiro atoms. The molecule has 0 saturated heterocycles. The van der Waals surface area contributed by atoms with Crippen LogP contribution in [0.15, 0.2) is 47.2 Å².